The zero-order valence-corrected chi connectivity index (χ0v) is 11.9. The third-order valence-electron chi connectivity index (χ3n) is 2.10. The molecule has 1 rings (SSSR count). The first-order valence-electron chi connectivity index (χ1n) is 4.98. The second-order valence-corrected chi connectivity index (χ2v) is 5.45. The molecule has 0 spiro atoms. The van der Waals surface area contributed by atoms with E-state index < -0.39 is 4.92 Å². The minimum absolute atomic E-state index is 0.0898. The predicted molar refractivity (Wildman–Crippen MR) is 71.2 cm³/mol. The Morgan fingerprint density at radius 2 is 2.18 bits per heavy atom. The van der Waals surface area contributed by atoms with Crippen LogP contribution in [-0.4, -0.2) is 16.9 Å². The fourth-order valence-corrected chi connectivity index (χ4v) is 1.40. The van der Waals surface area contributed by atoms with Gasteiger partial charge in [-0.25, -0.2) is 0 Å². The second-order valence-electron chi connectivity index (χ2n) is 4.46. The SMILES string of the molecule is CC(C)(CBr)COc1ccc(Cl)cc1[N+](=O)[O-]. The van der Waals surface area contributed by atoms with E-state index in [0.717, 1.165) is 5.33 Å². The van der Waals surface area contributed by atoms with Gasteiger partial charge in [-0.15, -0.1) is 0 Å². The molecule has 0 aromatic heterocycles. The molecule has 0 radical (unpaired) electrons. The van der Waals surface area contributed by atoms with Crippen molar-refractivity contribution in [2.45, 2.75) is 13.8 Å². The number of alkyl halides is 1. The molecule has 0 saturated carbocycles. The van der Waals surface area contributed by atoms with Crippen LogP contribution >= 0.6 is 27.5 Å². The van der Waals surface area contributed by atoms with Gasteiger partial charge in [0.05, 0.1) is 11.5 Å². The number of hydrogen-bond acceptors (Lipinski definition) is 3. The third-order valence-corrected chi connectivity index (χ3v) is 3.85. The van der Waals surface area contributed by atoms with Crippen LogP contribution in [0.5, 0.6) is 5.75 Å². The monoisotopic (exact) mass is 321 g/mol. The second kappa shape index (κ2) is 5.69. The zero-order valence-electron chi connectivity index (χ0n) is 9.57. The summed E-state index contributed by atoms with van der Waals surface area (Å²) in [6.07, 6.45) is 0. The lowest BCUT2D eigenvalue weighted by atomic mass is 9.98. The van der Waals surface area contributed by atoms with E-state index in [1.807, 2.05) is 13.8 Å². The van der Waals surface area contributed by atoms with Crippen molar-refractivity contribution in [2.75, 3.05) is 11.9 Å². The van der Waals surface area contributed by atoms with Crippen LogP contribution in [0.1, 0.15) is 13.8 Å². The molecule has 6 heteroatoms. The van der Waals surface area contributed by atoms with Crippen molar-refractivity contribution in [1.29, 1.82) is 0 Å². The highest BCUT2D eigenvalue weighted by atomic mass is 79.9. The molecule has 0 N–H and O–H groups in total. The molecule has 0 aliphatic carbocycles. The molecule has 0 amide bonds. The summed E-state index contributed by atoms with van der Waals surface area (Å²) >= 11 is 9.08. The van der Waals surface area contributed by atoms with E-state index in [0.29, 0.717) is 11.6 Å². The minimum Gasteiger partial charge on any atom is -0.486 e. The van der Waals surface area contributed by atoms with Gasteiger partial charge in [0, 0.05) is 21.8 Å². The van der Waals surface area contributed by atoms with Crippen LogP contribution in [0.2, 0.25) is 5.02 Å². The van der Waals surface area contributed by atoms with Crippen molar-refractivity contribution in [3.05, 3.63) is 33.3 Å². The van der Waals surface area contributed by atoms with E-state index >= 15 is 0 Å². The lowest BCUT2D eigenvalue weighted by Crippen LogP contribution is -2.23. The van der Waals surface area contributed by atoms with Gasteiger partial charge >= 0.3 is 5.69 Å². The van der Waals surface area contributed by atoms with Crippen molar-refractivity contribution < 1.29 is 9.66 Å². The Bertz CT molecular complexity index is 423. The van der Waals surface area contributed by atoms with Crippen LogP contribution in [0.3, 0.4) is 0 Å². The Balaban J connectivity index is 2.88. The number of benzene rings is 1. The molecule has 0 atom stereocenters. The van der Waals surface area contributed by atoms with Crippen molar-refractivity contribution in [1.82, 2.24) is 0 Å². The average molecular weight is 323 g/mol. The van der Waals surface area contributed by atoms with Crippen LogP contribution in [0.25, 0.3) is 0 Å². The molecule has 0 bridgehead atoms. The van der Waals surface area contributed by atoms with Gasteiger partial charge < -0.3 is 4.74 Å². The lowest BCUT2D eigenvalue weighted by Gasteiger charge is -2.21. The van der Waals surface area contributed by atoms with E-state index in [4.69, 9.17) is 16.3 Å². The molecule has 0 saturated heterocycles. The summed E-state index contributed by atoms with van der Waals surface area (Å²) in [4.78, 5) is 10.3. The number of ether oxygens (including phenoxy) is 1. The zero-order chi connectivity index (χ0) is 13.1. The van der Waals surface area contributed by atoms with Gasteiger partial charge in [0.1, 0.15) is 0 Å². The summed E-state index contributed by atoms with van der Waals surface area (Å²) in [6, 6.07) is 4.38. The molecule has 0 aliphatic heterocycles. The van der Waals surface area contributed by atoms with Crippen LogP contribution in [0.4, 0.5) is 5.69 Å². The Morgan fingerprint density at radius 3 is 2.71 bits per heavy atom. The van der Waals surface area contributed by atoms with E-state index in [1.54, 1.807) is 6.07 Å². The molecule has 0 fully saturated rings. The van der Waals surface area contributed by atoms with Gasteiger partial charge in [0.2, 0.25) is 0 Å². The Hall–Kier alpha value is -0.810. The van der Waals surface area contributed by atoms with Crippen molar-refractivity contribution in [3.8, 4) is 5.75 Å². The van der Waals surface area contributed by atoms with Crippen molar-refractivity contribution >= 4 is 33.2 Å². The largest absolute Gasteiger partial charge is 0.486 e. The topological polar surface area (TPSA) is 52.4 Å². The fraction of sp³-hybridized carbons (Fsp3) is 0.455. The molecule has 0 unspecified atom stereocenters. The van der Waals surface area contributed by atoms with Gasteiger partial charge in [0.15, 0.2) is 5.75 Å². The normalized spacial score (nSPS) is 11.3. The Labute approximate surface area is 113 Å². The van der Waals surface area contributed by atoms with Crippen LogP contribution < -0.4 is 4.74 Å². The van der Waals surface area contributed by atoms with Gasteiger partial charge in [-0.3, -0.25) is 10.1 Å². The number of rotatable bonds is 5. The van der Waals surface area contributed by atoms with Gasteiger partial charge in [-0.2, -0.15) is 0 Å². The third kappa shape index (κ3) is 4.16. The number of hydrogen-bond donors (Lipinski definition) is 0. The summed E-state index contributed by atoms with van der Waals surface area (Å²) in [7, 11) is 0. The van der Waals surface area contributed by atoms with Gasteiger partial charge in [-0.05, 0) is 12.1 Å². The molecular formula is C11H13BrClNO3. The fourth-order valence-electron chi connectivity index (χ4n) is 1.07. The summed E-state index contributed by atoms with van der Waals surface area (Å²) < 4.78 is 5.48. The van der Waals surface area contributed by atoms with Crippen molar-refractivity contribution in [3.63, 3.8) is 0 Å². The van der Waals surface area contributed by atoms with E-state index in [2.05, 4.69) is 15.9 Å². The number of halogens is 2. The highest BCUT2D eigenvalue weighted by molar-refractivity contribution is 9.09. The smallest absolute Gasteiger partial charge is 0.312 e. The van der Waals surface area contributed by atoms with Crippen molar-refractivity contribution in [2.24, 2.45) is 5.41 Å². The molecule has 1 aromatic rings. The Kier molecular flexibility index (Phi) is 4.77. The molecule has 0 heterocycles. The standard InChI is InChI=1S/C11H13BrClNO3/c1-11(2,6-12)7-17-10-4-3-8(13)5-9(10)14(15)16/h3-5H,6-7H2,1-2H3. The van der Waals surface area contributed by atoms with Crippen LogP contribution in [0.15, 0.2) is 18.2 Å². The molecule has 4 nitrogen and oxygen atoms in total. The first kappa shape index (κ1) is 14.3. The quantitative estimate of drug-likeness (QED) is 0.467. The maximum Gasteiger partial charge on any atom is 0.312 e. The van der Waals surface area contributed by atoms with E-state index in [1.165, 1.54) is 12.1 Å². The first-order chi connectivity index (χ1) is 7.85. The maximum absolute atomic E-state index is 10.8. The number of nitro groups is 1. The maximum atomic E-state index is 10.8. The van der Waals surface area contributed by atoms with E-state index in [9.17, 15) is 10.1 Å². The van der Waals surface area contributed by atoms with Gasteiger partial charge in [-0.1, -0.05) is 41.4 Å². The minimum atomic E-state index is -0.498. The van der Waals surface area contributed by atoms with E-state index in [-0.39, 0.29) is 16.9 Å². The Morgan fingerprint density at radius 1 is 1.53 bits per heavy atom. The average Bonchev–Trinajstić information content (AvgIpc) is 2.27. The predicted octanol–water partition coefficient (Wildman–Crippen LogP) is 4.05. The summed E-state index contributed by atoms with van der Waals surface area (Å²) in [5, 5.41) is 11.9. The first-order valence-corrected chi connectivity index (χ1v) is 6.48. The summed E-state index contributed by atoms with van der Waals surface area (Å²) in [5.41, 5.74) is -0.198. The van der Waals surface area contributed by atoms with Gasteiger partial charge in [0.25, 0.3) is 0 Å². The lowest BCUT2D eigenvalue weighted by molar-refractivity contribution is -0.385. The number of nitro benzene ring substituents is 1. The van der Waals surface area contributed by atoms with Crippen LogP contribution in [-0.2, 0) is 0 Å². The highest BCUT2D eigenvalue weighted by Gasteiger charge is 2.21. The summed E-state index contributed by atoms with van der Waals surface area (Å²) in [5.74, 6) is 0.244. The molecule has 1 aromatic carbocycles. The van der Waals surface area contributed by atoms with Crippen LogP contribution in [0, 0.1) is 15.5 Å². The molecule has 0 aliphatic rings. The molecular weight excluding hydrogens is 309 g/mol. The molecule has 17 heavy (non-hydrogen) atoms. The number of nitrogens with zero attached hydrogens (tertiary/aromatic N) is 1. The highest BCUT2D eigenvalue weighted by Crippen LogP contribution is 2.31. The summed E-state index contributed by atoms with van der Waals surface area (Å²) in [6.45, 7) is 4.40. The molecule has 94 valence electrons.